The first kappa shape index (κ1) is 16.4. The first-order valence-electron chi connectivity index (χ1n) is 6.90. The molecule has 0 amide bonds. The van der Waals surface area contributed by atoms with Crippen molar-refractivity contribution in [1.82, 2.24) is 9.47 Å². The van der Waals surface area contributed by atoms with Gasteiger partial charge in [-0.15, -0.1) is 0 Å². The van der Waals surface area contributed by atoms with Gasteiger partial charge in [0, 0.05) is 18.8 Å². The SMILES string of the molecule is CC(C)CC(C(=O)O)n1ccc(CCN(C)C)cc1=O. The summed E-state index contributed by atoms with van der Waals surface area (Å²) in [6.45, 7) is 4.76. The zero-order valence-electron chi connectivity index (χ0n) is 12.7. The van der Waals surface area contributed by atoms with Gasteiger partial charge in [-0.25, -0.2) is 4.79 Å². The second-order valence-corrected chi connectivity index (χ2v) is 5.82. The molecule has 1 unspecified atom stereocenters. The van der Waals surface area contributed by atoms with Gasteiger partial charge in [0.05, 0.1) is 0 Å². The third-order valence-corrected chi connectivity index (χ3v) is 3.18. The zero-order valence-corrected chi connectivity index (χ0v) is 12.7. The van der Waals surface area contributed by atoms with Crippen LogP contribution in [0.5, 0.6) is 0 Å². The van der Waals surface area contributed by atoms with Crippen LogP contribution in [0.1, 0.15) is 31.9 Å². The van der Waals surface area contributed by atoms with Crippen molar-refractivity contribution in [2.45, 2.75) is 32.7 Å². The zero-order chi connectivity index (χ0) is 15.3. The van der Waals surface area contributed by atoms with Crippen LogP contribution >= 0.6 is 0 Å². The van der Waals surface area contributed by atoms with Crippen LogP contribution < -0.4 is 5.56 Å². The topological polar surface area (TPSA) is 62.5 Å². The molecule has 1 rings (SSSR count). The number of carboxylic acid groups (broad SMARTS) is 1. The number of pyridine rings is 1. The maximum Gasteiger partial charge on any atom is 0.326 e. The molecule has 112 valence electrons. The van der Waals surface area contributed by atoms with Crippen molar-refractivity contribution in [3.63, 3.8) is 0 Å². The van der Waals surface area contributed by atoms with Gasteiger partial charge in [0.1, 0.15) is 6.04 Å². The predicted molar refractivity (Wildman–Crippen MR) is 79.1 cm³/mol. The Morgan fingerprint density at radius 3 is 2.50 bits per heavy atom. The van der Waals surface area contributed by atoms with Gasteiger partial charge in [-0.05, 0) is 44.5 Å². The quantitative estimate of drug-likeness (QED) is 0.824. The summed E-state index contributed by atoms with van der Waals surface area (Å²) < 4.78 is 1.32. The second kappa shape index (κ2) is 7.24. The van der Waals surface area contributed by atoms with Crippen LogP contribution in [0.25, 0.3) is 0 Å². The number of hydrogen-bond acceptors (Lipinski definition) is 3. The van der Waals surface area contributed by atoms with E-state index in [-0.39, 0.29) is 11.5 Å². The van der Waals surface area contributed by atoms with Crippen LogP contribution in [-0.2, 0) is 11.2 Å². The highest BCUT2D eigenvalue weighted by Gasteiger charge is 2.21. The smallest absolute Gasteiger partial charge is 0.326 e. The fourth-order valence-electron chi connectivity index (χ4n) is 2.08. The van der Waals surface area contributed by atoms with Gasteiger partial charge in [-0.3, -0.25) is 4.79 Å². The molecule has 0 saturated heterocycles. The summed E-state index contributed by atoms with van der Waals surface area (Å²) in [6, 6.07) is 2.59. The molecule has 0 bridgehead atoms. The first-order valence-corrected chi connectivity index (χ1v) is 6.90. The van der Waals surface area contributed by atoms with E-state index in [2.05, 4.69) is 0 Å². The molecule has 1 atom stereocenters. The molecule has 0 aromatic carbocycles. The molecular weight excluding hydrogens is 256 g/mol. The average molecular weight is 280 g/mol. The summed E-state index contributed by atoms with van der Waals surface area (Å²) in [6.07, 6.45) is 2.84. The third kappa shape index (κ3) is 4.81. The van der Waals surface area contributed by atoms with Crippen molar-refractivity contribution in [2.75, 3.05) is 20.6 Å². The van der Waals surface area contributed by atoms with E-state index < -0.39 is 12.0 Å². The van der Waals surface area contributed by atoms with Crippen LogP contribution in [0.4, 0.5) is 0 Å². The second-order valence-electron chi connectivity index (χ2n) is 5.82. The van der Waals surface area contributed by atoms with Gasteiger partial charge in [0.15, 0.2) is 0 Å². The number of carboxylic acids is 1. The molecule has 5 heteroatoms. The van der Waals surface area contributed by atoms with Crippen molar-refractivity contribution in [3.05, 3.63) is 34.2 Å². The minimum atomic E-state index is -0.957. The van der Waals surface area contributed by atoms with Gasteiger partial charge in [-0.1, -0.05) is 13.8 Å². The van der Waals surface area contributed by atoms with E-state index >= 15 is 0 Å². The number of aliphatic carboxylic acids is 1. The minimum Gasteiger partial charge on any atom is -0.480 e. The third-order valence-electron chi connectivity index (χ3n) is 3.18. The normalized spacial score (nSPS) is 12.9. The molecule has 0 spiro atoms. The molecule has 0 aliphatic heterocycles. The Kier molecular flexibility index (Phi) is 5.95. The van der Waals surface area contributed by atoms with Crippen molar-refractivity contribution >= 4 is 5.97 Å². The lowest BCUT2D eigenvalue weighted by atomic mass is 10.0. The number of carbonyl (C=O) groups is 1. The number of aromatic nitrogens is 1. The minimum absolute atomic E-state index is 0.219. The van der Waals surface area contributed by atoms with E-state index in [1.54, 1.807) is 12.3 Å². The molecule has 0 saturated carbocycles. The van der Waals surface area contributed by atoms with Gasteiger partial charge < -0.3 is 14.6 Å². The summed E-state index contributed by atoms with van der Waals surface area (Å²) >= 11 is 0. The van der Waals surface area contributed by atoms with E-state index in [1.807, 2.05) is 38.9 Å². The number of likely N-dealkylation sites (N-methyl/N-ethyl adjacent to an activating group) is 1. The maximum atomic E-state index is 12.1. The van der Waals surface area contributed by atoms with Crippen molar-refractivity contribution < 1.29 is 9.90 Å². The van der Waals surface area contributed by atoms with Crippen LogP contribution in [0, 0.1) is 5.92 Å². The molecule has 20 heavy (non-hydrogen) atoms. The van der Waals surface area contributed by atoms with E-state index in [1.165, 1.54) is 4.57 Å². The Morgan fingerprint density at radius 1 is 1.40 bits per heavy atom. The molecule has 0 aliphatic rings. The van der Waals surface area contributed by atoms with E-state index in [4.69, 9.17) is 0 Å². The summed E-state index contributed by atoms with van der Waals surface area (Å²) in [5.41, 5.74) is 0.697. The average Bonchev–Trinajstić information content (AvgIpc) is 2.33. The molecule has 0 radical (unpaired) electrons. The molecule has 5 nitrogen and oxygen atoms in total. The van der Waals surface area contributed by atoms with Gasteiger partial charge >= 0.3 is 5.97 Å². The van der Waals surface area contributed by atoms with Crippen molar-refractivity contribution in [1.29, 1.82) is 0 Å². The van der Waals surface area contributed by atoms with Crippen molar-refractivity contribution in [3.8, 4) is 0 Å². The first-order chi connectivity index (χ1) is 9.31. The van der Waals surface area contributed by atoms with Gasteiger partial charge in [-0.2, -0.15) is 0 Å². The van der Waals surface area contributed by atoms with E-state index in [0.29, 0.717) is 6.42 Å². The maximum absolute atomic E-state index is 12.1. The number of rotatable bonds is 7. The largest absolute Gasteiger partial charge is 0.480 e. The Bertz CT molecular complexity index is 506. The van der Waals surface area contributed by atoms with Crippen molar-refractivity contribution in [2.24, 2.45) is 5.92 Å². The molecule has 1 aromatic heterocycles. The molecule has 0 fully saturated rings. The Balaban J connectivity index is 2.95. The molecule has 1 N–H and O–H groups in total. The highest BCUT2D eigenvalue weighted by atomic mass is 16.4. The van der Waals surface area contributed by atoms with E-state index in [0.717, 1.165) is 18.5 Å². The Labute approximate surface area is 119 Å². The summed E-state index contributed by atoms with van der Waals surface area (Å²) in [5.74, 6) is -0.738. The van der Waals surface area contributed by atoms with Gasteiger partial charge in [0.2, 0.25) is 0 Å². The Morgan fingerprint density at radius 2 is 2.05 bits per heavy atom. The fraction of sp³-hybridized carbons (Fsp3) is 0.600. The molecule has 1 heterocycles. The summed E-state index contributed by atoms with van der Waals surface area (Å²) in [7, 11) is 3.95. The van der Waals surface area contributed by atoms with Crippen LogP contribution in [0.3, 0.4) is 0 Å². The highest BCUT2D eigenvalue weighted by molar-refractivity contribution is 5.71. The van der Waals surface area contributed by atoms with Crippen LogP contribution in [0.2, 0.25) is 0 Å². The van der Waals surface area contributed by atoms with E-state index in [9.17, 15) is 14.7 Å². The monoisotopic (exact) mass is 280 g/mol. The van der Waals surface area contributed by atoms with Crippen LogP contribution in [-0.4, -0.2) is 41.2 Å². The van der Waals surface area contributed by atoms with Gasteiger partial charge in [0.25, 0.3) is 5.56 Å². The fourth-order valence-corrected chi connectivity index (χ4v) is 2.08. The molecular formula is C15H24N2O3. The Hall–Kier alpha value is -1.62. The lowest BCUT2D eigenvalue weighted by Crippen LogP contribution is -2.30. The molecule has 1 aromatic rings. The summed E-state index contributed by atoms with van der Waals surface area (Å²) in [4.78, 5) is 25.5. The lowest BCUT2D eigenvalue weighted by molar-refractivity contribution is -0.141. The molecule has 0 aliphatic carbocycles. The predicted octanol–water partition coefficient (Wildman–Crippen LogP) is 1.62. The highest BCUT2D eigenvalue weighted by Crippen LogP contribution is 2.16. The number of nitrogens with zero attached hydrogens (tertiary/aromatic N) is 2. The lowest BCUT2D eigenvalue weighted by Gasteiger charge is -2.18. The standard InChI is InChI=1S/C15H24N2O3/c1-11(2)9-13(15(19)20)17-8-6-12(10-14(17)18)5-7-16(3)4/h6,8,10-11,13H,5,7,9H2,1-4H3,(H,19,20). The number of hydrogen-bond donors (Lipinski definition) is 1. The van der Waals surface area contributed by atoms with Crippen LogP contribution in [0.15, 0.2) is 23.1 Å². The summed E-state index contributed by atoms with van der Waals surface area (Å²) in [5, 5.41) is 9.28.